The molecule has 15 heavy (non-hydrogen) atoms. The molecule has 0 aliphatic heterocycles. The van der Waals surface area contributed by atoms with E-state index in [1.165, 1.54) is 0 Å². The third kappa shape index (κ3) is 3.26. The van der Waals surface area contributed by atoms with Crippen molar-refractivity contribution in [1.29, 1.82) is 5.26 Å². The Morgan fingerprint density at radius 3 is 2.47 bits per heavy atom. The van der Waals surface area contributed by atoms with Gasteiger partial charge in [0.25, 0.3) is 0 Å². The molecule has 0 fully saturated rings. The third-order valence-electron chi connectivity index (χ3n) is 2.38. The lowest BCUT2D eigenvalue weighted by Crippen LogP contribution is -2.17. The first-order valence-corrected chi connectivity index (χ1v) is 5.01. The molecule has 0 saturated carbocycles. The van der Waals surface area contributed by atoms with Crippen molar-refractivity contribution in [2.24, 2.45) is 0 Å². The van der Waals surface area contributed by atoms with Crippen LogP contribution in [0.1, 0.15) is 25.0 Å². The van der Waals surface area contributed by atoms with Gasteiger partial charge in [0.1, 0.15) is 0 Å². The van der Waals surface area contributed by atoms with Crippen LogP contribution < -0.4 is 4.90 Å². The van der Waals surface area contributed by atoms with E-state index in [4.69, 9.17) is 5.26 Å². The highest BCUT2D eigenvalue weighted by Crippen LogP contribution is 2.18. The summed E-state index contributed by atoms with van der Waals surface area (Å²) in [6, 6.07) is 9.84. The molecule has 1 aromatic rings. The van der Waals surface area contributed by atoms with E-state index in [2.05, 4.69) is 6.07 Å². The second-order valence-corrected chi connectivity index (χ2v) is 3.60. The second-order valence-electron chi connectivity index (χ2n) is 3.60. The topological polar surface area (TPSA) is 47.3 Å². The van der Waals surface area contributed by atoms with Crippen LogP contribution in [-0.4, -0.2) is 18.7 Å². The Balaban J connectivity index is 2.67. The molecule has 0 aromatic heterocycles. The van der Waals surface area contributed by atoms with Crippen molar-refractivity contribution in [3.63, 3.8) is 0 Å². The van der Waals surface area contributed by atoms with Gasteiger partial charge in [-0.3, -0.25) is 0 Å². The number of nitrogens with zero attached hydrogens (tertiary/aromatic N) is 2. The smallest absolute Gasteiger partial charge is 0.0761 e. The summed E-state index contributed by atoms with van der Waals surface area (Å²) in [7, 11) is 1.95. The number of hydrogen-bond acceptors (Lipinski definition) is 3. The minimum atomic E-state index is -0.427. The first-order chi connectivity index (χ1) is 7.15. The van der Waals surface area contributed by atoms with Crippen molar-refractivity contribution < 1.29 is 5.11 Å². The molecule has 1 rings (SSSR count). The molecule has 1 atom stereocenters. The molecular formula is C12H16N2O. The molecule has 0 radical (unpaired) electrons. The van der Waals surface area contributed by atoms with Crippen molar-refractivity contribution in [3.05, 3.63) is 29.8 Å². The van der Waals surface area contributed by atoms with E-state index < -0.39 is 6.10 Å². The van der Waals surface area contributed by atoms with E-state index in [9.17, 15) is 5.11 Å². The zero-order valence-electron chi connectivity index (χ0n) is 9.14. The lowest BCUT2D eigenvalue weighted by atomic mass is 10.1. The first-order valence-electron chi connectivity index (χ1n) is 5.01. The fourth-order valence-corrected chi connectivity index (χ4v) is 1.35. The minimum absolute atomic E-state index is 0.427. The molecule has 0 aliphatic carbocycles. The van der Waals surface area contributed by atoms with Crippen LogP contribution in [-0.2, 0) is 0 Å². The monoisotopic (exact) mass is 204 g/mol. The van der Waals surface area contributed by atoms with Gasteiger partial charge in [0.2, 0.25) is 0 Å². The van der Waals surface area contributed by atoms with Crippen molar-refractivity contribution in [2.75, 3.05) is 18.5 Å². The van der Waals surface area contributed by atoms with Gasteiger partial charge in [-0.2, -0.15) is 5.26 Å². The standard InChI is InChI=1S/C12H16N2O/c1-10(15)11-4-6-12(7-5-11)14(2)9-3-8-13/h4-7,10,15H,3,9H2,1-2H3/t10-/m0/s1. The highest BCUT2D eigenvalue weighted by molar-refractivity contribution is 5.47. The van der Waals surface area contributed by atoms with E-state index in [1.807, 2.05) is 36.2 Å². The Labute approximate surface area is 90.6 Å². The number of aliphatic hydroxyl groups excluding tert-OH is 1. The van der Waals surface area contributed by atoms with E-state index >= 15 is 0 Å². The molecule has 0 saturated heterocycles. The Kier molecular flexibility index (Phi) is 4.14. The van der Waals surface area contributed by atoms with Crippen LogP contribution in [0.2, 0.25) is 0 Å². The molecule has 1 aromatic carbocycles. The van der Waals surface area contributed by atoms with E-state index in [-0.39, 0.29) is 0 Å². The second kappa shape index (κ2) is 5.38. The number of rotatable bonds is 4. The number of benzene rings is 1. The average Bonchev–Trinajstić information content (AvgIpc) is 2.26. The van der Waals surface area contributed by atoms with Crippen LogP contribution in [0.3, 0.4) is 0 Å². The summed E-state index contributed by atoms with van der Waals surface area (Å²) in [5, 5.41) is 17.8. The lowest BCUT2D eigenvalue weighted by molar-refractivity contribution is 0.199. The van der Waals surface area contributed by atoms with Gasteiger partial charge in [-0.25, -0.2) is 0 Å². The fraction of sp³-hybridized carbons (Fsp3) is 0.417. The van der Waals surface area contributed by atoms with Crippen LogP contribution in [0.5, 0.6) is 0 Å². The van der Waals surface area contributed by atoms with Gasteiger partial charge in [0, 0.05) is 19.3 Å². The third-order valence-corrected chi connectivity index (χ3v) is 2.38. The predicted molar refractivity (Wildman–Crippen MR) is 60.6 cm³/mol. The molecular weight excluding hydrogens is 188 g/mol. The van der Waals surface area contributed by atoms with Gasteiger partial charge in [0.05, 0.1) is 18.6 Å². The summed E-state index contributed by atoms with van der Waals surface area (Å²) >= 11 is 0. The Morgan fingerprint density at radius 2 is 2.00 bits per heavy atom. The minimum Gasteiger partial charge on any atom is -0.389 e. The molecule has 0 unspecified atom stereocenters. The highest BCUT2D eigenvalue weighted by Gasteiger charge is 2.02. The van der Waals surface area contributed by atoms with Gasteiger partial charge < -0.3 is 10.0 Å². The van der Waals surface area contributed by atoms with Gasteiger partial charge >= 0.3 is 0 Å². The zero-order valence-corrected chi connectivity index (χ0v) is 9.14. The van der Waals surface area contributed by atoms with Crippen LogP contribution >= 0.6 is 0 Å². The molecule has 3 heteroatoms. The summed E-state index contributed by atoms with van der Waals surface area (Å²) in [5.41, 5.74) is 1.97. The molecule has 80 valence electrons. The van der Waals surface area contributed by atoms with Crippen LogP contribution in [0, 0.1) is 11.3 Å². The maximum absolute atomic E-state index is 9.34. The molecule has 3 nitrogen and oxygen atoms in total. The summed E-state index contributed by atoms with van der Waals surface area (Å²) < 4.78 is 0. The molecule has 0 aliphatic rings. The molecule has 0 amide bonds. The van der Waals surface area contributed by atoms with E-state index in [1.54, 1.807) is 6.92 Å². The lowest BCUT2D eigenvalue weighted by Gasteiger charge is -2.18. The predicted octanol–water partition coefficient (Wildman–Crippen LogP) is 2.09. The van der Waals surface area contributed by atoms with Crippen molar-refractivity contribution in [1.82, 2.24) is 0 Å². The zero-order chi connectivity index (χ0) is 11.3. The SMILES string of the molecule is C[C@H](O)c1ccc(N(C)CCC#N)cc1. The number of anilines is 1. The van der Waals surface area contributed by atoms with Gasteiger partial charge in [-0.15, -0.1) is 0 Å². The maximum atomic E-state index is 9.34. The van der Waals surface area contributed by atoms with Crippen molar-refractivity contribution in [3.8, 4) is 6.07 Å². The van der Waals surface area contributed by atoms with Gasteiger partial charge in [-0.1, -0.05) is 12.1 Å². The summed E-state index contributed by atoms with van der Waals surface area (Å²) in [5.74, 6) is 0. The first kappa shape index (κ1) is 11.5. The number of aliphatic hydroxyl groups is 1. The molecule has 1 N–H and O–H groups in total. The van der Waals surface area contributed by atoms with E-state index in [0.29, 0.717) is 6.42 Å². The van der Waals surface area contributed by atoms with Crippen molar-refractivity contribution >= 4 is 5.69 Å². The molecule has 0 spiro atoms. The van der Waals surface area contributed by atoms with Gasteiger partial charge in [-0.05, 0) is 24.6 Å². The number of hydrogen-bond donors (Lipinski definition) is 1. The highest BCUT2D eigenvalue weighted by atomic mass is 16.3. The van der Waals surface area contributed by atoms with Crippen molar-refractivity contribution in [2.45, 2.75) is 19.4 Å². The van der Waals surface area contributed by atoms with E-state index in [0.717, 1.165) is 17.8 Å². The Morgan fingerprint density at radius 1 is 1.40 bits per heavy atom. The molecule has 0 heterocycles. The van der Waals surface area contributed by atoms with Crippen LogP contribution in [0.15, 0.2) is 24.3 Å². The average molecular weight is 204 g/mol. The normalized spacial score (nSPS) is 11.9. The maximum Gasteiger partial charge on any atom is 0.0761 e. The van der Waals surface area contributed by atoms with Crippen LogP contribution in [0.25, 0.3) is 0 Å². The Bertz CT molecular complexity index is 338. The van der Waals surface area contributed by atoms with Gasteiger partial charge in [0.15, 0.2) is 0 Å². The fourth-order valence-electron chi connectivity index (χ4n) is 1.35. The summed E-state index contributed by atoms with van der Waals surface area (Å²) in [6.07, 6.45) is 0.0951. The number of nitriles is 1. The quantitative estimate of drug-likeness (QED) is 0.817. The summed E-state index contributed by atoms with van der Waals surface area (Å²) in [6.45, 7) is 2.47. The largest absolute Gasteiger partial charge is 0.389 e. The van der Waals surface area contributed by atoms with Crippen LogP contribution in [0.4, 0.5) is 5.69 Å². The summed E-state index contributed by atoms with van der Waals surface area (Å²) in [4.78, 5) is 2.02. The Hall–Kier alpha value is -1.53. The molecule has 0 bridgehead atoms.